The first-order valence-corrected chi connectivity index (χ1v) is 14.7. The van der Waals surface area contributed by atoms with E-state index in [9.17, 15) is 22.8 Å². The van der Waals surface area contributed by atoms with Gasteiger partial charge in [-0.15, -0.1) is 5.10 Å². The summed E-state index contributed by atoms with van der Waals surface area (Å²) >= 11 is 6.27. The Morgan fingerprint density at radius 1 is 1.00 bits per heavy atom. The molecule has 1 aliphatic heterocycles. The van der Waals surface area contributed by atoms with Gasteiger partial charge in [0.05, 0.1) is 35.6 Å². The summed E-state index contributed by atoms with van der Waals surface area (Å²) in [5.41, 5.74) is 2.33. The Balaban J connectivity index is 1.42. The third-order valence-electron chi connectivity index (χ3n) is 7.79. The van der Waals surface area contributed by atoms with Crippen molar-refractivity contribution < 1.29 is 18.0 Å². The molecule has 6 rings (SSSR count). The van der Waals surface area contributed by atoms with Crippen LogP contribution in [0.2, 0.25) is 5.02 Å². The molecular formula is C32H27ClF3N7O2. The SMILES string of the molecule is CC1CCC[C@H](n2cnc(-c3cc(Cl)ccc3-n3cc(C(F)F)nn3)cc2=O)c2cc(ccn2)-c2cc(F)ccc2NC(=O)C1. The fraction of sp³-hybridized carbons (Fsp3) is 0.250. The Labute approximate surface area is 260 Å². The Kier molecular flexibility index (Phi) is 8.48. The topological polar surface area (TPSA) is 108 Å². The summed E-state index contributed by atoms with van der Waals surface area (Å²) in [5.74, 6) is -0.552. The van der Waals surface area contributed by atoms with E-state index in [2.05, 4.69) is 25.6 Å². The number of nitrogens with one attached hydrogen (secondary N) is 1. The summed E-state index contributed by atoms with van der Waals surface area (Å²) in [4.78, 5) is 35.7. The van der Waals surface area contributed by atoms with E-state index in [0.29, 0.717) is 58.0 Å². The lowest BCUT2D eigenvalue weighted by atomic mass is 9.96. The molecule has 9 nitrogen and oxygen atoms in total. The maximum atomic E-state index is 14.4. The number of fused-ring (bicyclic) bond motifs is 4. The number of hydrogen-bond donors (Lipinski definition) is 1. The number of hydrogen-bond acceptors (Lipinski definition) is 6. The van der Waals surface area contributed by atoms with E-state index in [-0.39, 0.29) is 23.1 Å². The zero-order valence-electron chi connectivity index (χ0n) is 24.0. The van der Waals surface area contributed by atoms with Crippen LogP contribution in [0.5, 0.6) is 0 Å². The second-order valence-corrected chi connectivity index (χ2v) is 11.5. The minimum atomic E-state index is -2.80. The average molecular weight is 634 g/mol. The monoisotopic (exact) mass is 633 g/mol. The van der Waals surface area contributed by atoms with E-state index in [4.69, 9.17) is 11.6 Å². The largest absolute Gasteiger partial charge is 0.326 e. The number of pyridine rings is 1. The Hall–Kier alpha value is -4.84. The number of amides is 1. The van der Waals surface area contributed by atoms with Crippen molar-refractivity contribution in [3.63, 3.8) is 0 Å². The molecule has 45 heavy (non-hydrogen) atoms. The molecule has 0 saturated carbocycles. The smallest absolute Gasteiger partial charge is 0.283 e. The third kappa shape index (κ3) is 6.51. The highest BCUT2D eigenvalue weighted by atomic mass is 35.5. The first kappa shape index (κ1) is 30.2. The minimum absolute atomic E-state index is 0.0622. The first-order valence-electron chi connectivity index (χ1n) is 14.3. The highest BCUT2D eigenvalue weighted by molar-refractivity contribution is 6.31. The number of carbonyl (C=O) groups excluding carboxylic acids is 1. The number of alkyl halides is 2. The molecule has 5 aromatic rings. The number of anilines is 1. The van der Waals surface area contributed by atoms with Crippen LogP contribution in [0, 0.1) is 11.7 Å². The fourth-order valence-electron chi connectivity index (χ4n) is 5.57. The van der Waals surface area contributed by atoms with Gasteiger partial charge in [-0.05, 0) is 66.4 Å². The Morgan fingerprint density at radius 2 is 1.84 bits per heavy atom. The summed E-state index contributed by atoms with van der Waals surface area (Å²) in [6, 6.07) is 13.3. The van der Waals surface area contributed by atoms with Crippen molar-refractivity contribution in [3.8, 4) is 28.1 Å². The standard InChI is InChI=1S/C32H27ClF3N7O2/c1-18-3-2-4-29(26-12-19(9-10-37-26)22-14-21(34)6-7-24(22)39-30(44)11-18)42-17-38-25(15-31(42)45)23-13-20(33)5-8-28(23)43-16-27(32(35)36)40-41-43/h5-10,12-18,29,32H,2-4,11H2,1H3,(H,39,44)/t18?,29-/m0/s1. The molecule has 13 heteroatoms. The van der Waals surface area contributed by atoms with Crippen LogP contribution >= 0.6 is 11.6 Å². The van der Waals surface area contributed by atoms with Crippen LogP contribution in [0.4, 0.5) is 18.9 Å². The van der Waals surface area contributed by atoms with Gasteiger partial charge in [-0.1, -0.05) is 36.6 Å². The molecule has 1 N–H and O–H groups in total. The van der Waals surface area contributed by atoms with Crippen molar-refractivity contribution in [2.45, 2.75) is 45.1 Å². The number of aromatic nitrogens is 6. The van der Waals surface area contributed by atoms with Crippen LogP contribution in [-0.4, -0.2) is 35.4 Å². The molecule has 0 spiro atoms. The van der Waals surface area contributed by atoms with Gasteiger partial charge >= 0.3 is 0 Å². The quantitative estimate of drug-likeness (QED) is 0.228. The van der Waals surface area contributed by atoms with Crippen LogP contribution < -0.4 is 10.9 Å². The van der Waals surface area contributed by atoms with Gasteiger partial charge in [-0.2, -0.15) is 0 Å². The molecule has 0 fully saturated rings. The molecule has 1 aliphatic rings. The van der Waals surface area contributed by atoms with E-state index < -0.39 is 24.0 Å². The van der Waals surface area contributed by atoms with Crippen LogP contribution in [0.15, 0.2) is 78.1 Å². The molecule has 2 aromatic carbocycles. The van der Waals surface area contributed by atoms with Crippen LogP contribution in [0.1, 0.15) is 56.5 Å². The van der Waals surface area contributed by atoms with Gasteiger partial charge in [0.1, 0.15) is 11.5 Å². The third-order valence-corrected chi connectivity index (χ3v) is 8.02. The normalized spacial score (nSPS) is 17.2. The molecule has 0 aliphatic carbocycles. The van der Waals surface area contributed by atoms with Gasteiger partial charge in [0.2, 0.25) is 5.91 Å². The van der Waals surface area contributed by atoms with Crippen molar-refractivity contribution in [2.24, 2.45) is 5.92 Å². The van der Waals surface area contributed by atoms with Gasteiger partial charge in [0.25, 0.3) is 12.0 Å². The van der Waals surface area contributed by atoms with E-state index in [1.54, 1.807) is 36.5 Å². The number of rotatable bonds is 4. The highest BCUT2D eigenvalue weighted by Crippen LogP contribution is 2.34. The molecule has 2 bridgehead atoms. The zero-order valence-corrected chi connectivity index (χ0v) is 24.8. The number of benzene rings is 2. The lowest BCUT2D eigenvalue weighted by Crippen LogP contribution is -2.26. The lowest BCUT2D eigenvalue weighted by Gasteiger charge is -2.21. The molecule has 2 atom stereocenters. The molecule has 3 aromatic heterocycles. The van der Waals surface area contributed by atoms with Gasteiger partial charge in [0.15, 0.2) is 0 Å². The predicted molar refractivity (Wildman–Crippen MR) is 163 cm³/mol. The summed E-state index contributed by atoms with van der Waals surface area (Å²) in [7, 11) is 0. The first-order chi connectivity index (χ1) is 21.7. The van der Waals surface area contributed by atoms with Crippen LogP contribution in [-0.2, 0) is 4.79 Å². The molecule has 0 radical (unpaired) electrons. The molecule has 0 saturated heterocycles. The summed E-state index contributed by atoms with van der Waals surface area (Å²) in [5, 5.41) is 10.6. The van der Waals surface area contributed by atoms with Crippen molar-refractivity contribution >= 4 is 23.2 Å². The summed E-state index contributed by atoms with van der Waals surface area (Å²) < 4.78 is 43.4. The van der Waals surface area contributed by atoms with Crippen molar-refractivity contribution in [1.29, 1.82) is 0 Å². The minimum Gasteiger partial charge on any atom is -0.326 e. The fourth-order valence-corrected chi connectivity index (χ4v) is 5.74. The number of carbonyl (C=O) groups is 1. The van der Waals surface area contributed by atoms with Gasteiger partial charge < -0.3 is 5.32 Å². The van der Waals surface area contributed by atoms with E-state index in [0.717, 1.165) is 12.6 Å². The summed E-state index contributed by atoms with van der Waals surface area (Å²) in [6.45, 7) is 1.99. The number of halogens is 4. The predicted octanol–water partition coefficient (Wildman–Crippen LogP) is 7.02. The Bertz CT molecular complexity index is 1940. The Morgan fingerprint density at radius 3 is 2.62 bits per heavy atom. The van der Waals surface area contributed by atoms with Gasteiger partial charge in [-0.3, -0.25) is 19.1 Å². The van der Waals surface area contributed by atoms with Crippen molar-refractivity contribution in [2.75, 3.05) is 5.32 Å². The van der Waals surface area contributed by atoms with E-state index in [1.807, 2.05) is 6.92 Å². The van der Waals surface area contributed by atoms with Gasteiger partial charge in [-0.25, -0.2) is 22.8 Å². The molecule has 1 amide bonds. The van der Waals surface area contributed by atoms with Crippen molar-refractivity contribution in [1.82, 2.24) is 29.5 Å². The molecule has 1 unspecified atom stereocenters. The second kappa shape index (κ2) is 12.6. The highest BCUT2D eigenvalue weighted by Gasteiger charge is 2.22. The molecular weight excluding hydrogens is 607 g/mol. The average Bonchev–Trinajstić information content (AvgIpc) is 3.51. The molecule has 230 valence electrons. The maximum absolute atomic E-state index is 14.4. The summed E-state index contributed by atoms with van der Waals surface area (Å²) in [6.07, 6.45) is 3.56. The van der Waals surface area contributed by atoms with E-state index >= 15 is 0 Å². The number of nitrogens with zero attached hydrogens (tertiary/aromatic N) is 6. The second-order valence-electron chi connectivity index (χ2n) is 11.0. The lowest BCUT2D eigenvalue weighted by molar-refractivity contribution is -0.117. The van der Waals surface area contributed by atoms with Crippen LogP contribution in [0.25, 0.3) is 28.1 Å². The van der Waals surface area contributed by atoms with Crippen LogP contribution in [0.3, 0.4) is 0 Å². The van der Waals surface area contributed by atoms with Crippen molar-refractivity contribution in [3.05, 3.63) is 106 Å². The maximum Gasteiger partial charge on any atom is 0.283 e. The zero-order chi connectivity index (χ0) is 31.7. The molecule has 4 heterocycles. The van der Waals surface area contributed by atoms with E-state index in [1.165, 1.54) is 39.8 Å². The van der Waals surface area contributed by atoms with Gasteiger partial charge in [0, 0.05) is 40.5 Å².